The highest BCUT2D eigenvalue weighted by molar-refractivity contribution is 5.87. The van der Waals surface area contributed by atoms with Crippen LogP contribution in [0.15, 0.2) is 24.3 Å². The molecule has 126 valence electrons. The summed E-state index contributed by atoms with van der Waals surface area (Å²) in [6.45, 7) is 1.91. The standard InChI is InChI=1S/C18H25NO4/c1-14(20)19(13-15-7-9-16(22-2)10-8-15)18(17(21)23-3)11-5-4-6-12-18/h7-10H,4-6,11-13H2,1-3H3. The van der Waals surface area contributed by atoms with Crippen LogP contribution in [0.2, 0.25) is 0 Å². The predicted octanol–water partition coefficient (Wildman–Crippen LogP) is 2.92. The summed E-state index contributed by atoms with van der Waals surface area (Å²) in [4.78, 5) is 26.5. The van der Waals surface area contributed by atoms with Gasteiger partial charge in [0.15, 0.2) is 0 Å². The Bertz CT molecular complexity index is 547. The molecule has 0 heterocycles. The van der Waals surface area contributed by atoms with Gasteiger partial charge < -0.3 is 14.4 Å². The van der Waals surface area contributed by atoms with Crippen molar-refractivity contribution in [2.45, 2.75) is 51.1 Å². The third-order valence-corrected chi connectivity index (χ3v) is 4.64. The van der Waals surface area contributed by atoms with Gasteiger partial charge in [-0.25, -0.2) is 4.79 Å². The molecule has 1 fully saturated rings. The minimum Gasteiger partial charge on any atom is -0.497 e. The summed E-state index contributed by atoms with van der Waals surface area (Å²) in [7, 11) is 3.01. The monoisotopic (exact) mass is 319 g/mol. The number of esters is 1. The third-order valence-electron chi connectivity index (χ3n) is 4.64. The Hall–Kier alpha value is -2.04. The Labute approximate surface area is 137 Å². The summed E-state index contributed by atoms with van der Waals surface area (Å²) in [5.41, 5.74) is 0.133. The van der Waals surface area contributed by atoms with Gasteiger partial charge in [0.05, 0.1) is 14.2 Å². The normalized spacial score (nSPS) is 16.5. The zero-order valence-corrected chi connectivity index (χ0v) is 14.1. The highest BCUT2D eigenvalue weighted by atomic mass is 16.5. The van der Waals surface area contributed by atoms with Crippen molar-refractivity contribution in [3.8, 4) is 5.75 Å². The number of benzene rings is 1. The molecule has 2 rings (SSSR count). The van der Waals surface area contributed by atoms with Crippen LogP contribution in [0.5, 0.6) is 5.75 Å². The summed E-state index contributed by atoms with van der Waals surface area (Å²) < 4.78 is 10.2. The number of carbonyl (C=O) groups is 2. The van der Waals surface area contributed by atoms with Gasteiger partial charge in [-0.2, -0.15) is 0 Å². The second-order valence-electron chi connectivity index (χ2n) is 6.04. The lowest BCUT2D eigenvalue weighted by Crippen LogP contribution is -2.57. The first-order chi connectivity index (χ1) is 11.0. The number of hydrogen-bond acceptors (Lipinski definition) is 4. The van der Waals surface area contributed by atoms with Crippen LogP contribution >= 0.6 is 0 Å². The minimum atomic E-state index is -0.835. The van der Waals surface area contributed by atoms with E-state index in [-0.39, 0.29) is 11.9 Å². The first-order valence-corrected chi connectivity index (χ1v) is 8.03. The van der Waals surface area contributed by atoms with Crippen LogP contribution < -0.4 is 4.74 Å². The second kappa shape index (κ2) is 7.49. The van der Waals surface area contributed by atoms with Crippen LogP contribution in [-0.4, -0.2) is 36.5 Å². The summed E-state index contributed by atoms with van der Waals surface area (Å²) >= 11 is 0. The summed E-state index contributed by atoms with van der Waals surface area (Å²) in [6.07, 6.45) is 4.28. The number of carbonyl (C=O) groups excluding carboxylic acids is 2. The van der Waals surface area contributed by atoms with E-state index in [9.17, 15) is 9.59 Å². The number of ether oxygens (including phenoxy) is 2. The van der Waals surface area contributed by atoms with E-state index in [1.54, 1.807) is 12.0 Å². The summed E-state index contributed by atoms with van der Waals surface area (Å²) in [5, 5.41) is 0. The van der Waals surface area contributed by atoms with E-state index in [1.165, 1.54) is 14.0 Å². The number of methoxy groups -OCH3 is 2. The molecule has 1 amide bonds. The van der Waals surface area contributed by atoms with E-state index >= 15 is 0 Å². The van der Waals surface area contributed by atoms with Crippen molar-refractivity contribution in [2.24, 2.45) is 0 Å². The van der Waals surface area contributed by atoms with Crippen LogP contribution in [0.4, 0.5) is 0 Å². The van der Waals surface area contributed by atoms with Crippen LogP contribution in [0.25, 0.3) is 0 Å². The Balaban J connectivity index is 2.30. The van der Waals surface area contributed by atoms with Crippen molar-refractivity contribution >= 4 is 11.9 Å². The first kappa shape index (κ1) is 17.3. The zero-order chi connectivity index (χ0) is 16.9. The molecule has 1 aromatic rings. The molecule has 0 N–H and O–H groups in total. The first-order valence-electron chi connectivity index (χ1n) is 8.03. The van der Waals surface area contributed by atoms with Gasteiger partial charge in [0.2, 0.25) is 5.91 Å². The molecule has 23 heavy (non-hydrogen) atoms. The van der Waals surface area contributed by atoms with Gasteiger partial charge in [-0.05, 0) is 30.5 Å². The molecule has 0 aliphatic heterocycles. The smallest absolute Gasteiger partial charge is 0.331 e. The summed E-state index contributed by atoms with van der Waals surface area (Å²) in [5.74, 6) is 0.359. The number of nitrogens with zero attached hydrogens (tertiary/aromatic N) is 1. The molecular formula is C18H25NO4. The molecular weight excluding hydrogens is 294 g/mol. The molecule has 0 aromatic heterocycles. The van der Waals surface area contributed by atoms with Crippen molar-refractivity contribution in [2.75, 3.05) is 14.2 Å². The van der Waals surface area contributed by atoms with Crippen molar-refractivity contribution in [1.82, 2.24) is 4.90 Å². The zero-order valence-electron chi connectivity index (χ0n) is 14.1. The molecule has 5 heteroatoms. The maximum Gasteiger partial charge on any atom is 0.331 e. The topological polar surface area (TPSA) is 55.8 Å². The largest absolute Gasteiger partial charge is 0.497 e. The van der Waals surface area contributed by atoms with E-state index in [4.69, 9.17) is 9.47 Å². The molecule has 1 saturated carbocycles. The average molecular weight is 319 g/mol. The quantitative estimate of drug-likeness (QED) is 0.783. The molecule has 0 atom stereocenters. The minimum absolute atomic E-state index is 0.104. The fraction of sp³-hybridized carbons (Fsp3) is 0.556. The molecule has 0 unspecified atom stereocenters. The van der Waals surface area contributed by atoms with Crippen LogP contribution in [0.3, 0.4) is 0 Å². The van der Waals surface area contributed by atoms with Gasteiger partial charge in [-0.1, -0.05) is 31.4 Å². The average Bonchev–Trinajstić information content (AvgIpc) is 2.59. The van der Waals surface area contributed by atoms with Gasteiger partial charge in [0, 0.05) is 13.5 Å². The SMILES string of the molecule is COC(=O)C1(N(Cc2ccc(OC)cc2)C(C)=O)CCCCC1. The van der Waals surface area contributed by atoms with Crippen LogP contribution in [-0.2, 0) is 20.9 Å². The Kier molecular flexibility index (Phi) is 5.64. The molecule has 0 bridgehead atoms. The molecule has 0 spiro atoms. The Morgan fingerprint density at radius 1 is 1.09 bits per heavy atom. The maximum atomic E-state index is 12.5. The second-order valence-corrected chi connectivity index (χ2v) is 6.04. The highest BCUT2D eigenvalue weighted by Crippen LogP contribution is 2.36. The van der Waals surface area contributed by atoms with E-state index in [1.807, 2.05) is 24.3 Å². The third kappa shape index (κ3) is 3.66. The Morgan fingerprint density at radius 2 is 1.70 bits per heavy atom. The van der Waals surface area contributed by atoms with E-state index in [0.29, 0.717) is 19.4 Å². The van der Waals surface area contributed by atoms with Gasteiger partial charge >= 0.3 is 5.97 Å². The molecule has 1 aromatic carbocycles. The number of hydrogen-bond donors (Lipinski definition) is 0. The van der Waals surface area contributed by atoms with Gasteiger partial charge in [-0.3, -0.25) is 4.79 Å². The van der Waals surface area contributed by atoms with Crippen LogP contribution in [0.1, 0.15) is 44.6 Å². The molecule has 1 aliphatic rings. The van der Waals surface area contributed by atoms with E-state index < -0.39 is 5.54 Å². The predicted molar refractivity (Wildman–Crippen MR) is 87.1 cm³/mol. The van der Waals surface area contributed by atoms with Crippen LogP contribution in [0, 0.1) is 0 Å². The van der Waals surface area contributed by atoms with E-state index in [2.05, 4.69) is 0 Å². The van der Waals surface area contributed by atoms with Gasteiger partial charge in [0.1, 0.15) is 11.3 Å². The molecule has 1 aliphatic carbocycles. The molecule has 0 saturated heterocycles. The number of rotatable bonds is 5. The fourth-order valence-corrected chi connectivity index (χ4v) is 3.39. The van der Waals surface area contributed by atoms with Crippen molar-refractivity contribution < 1.29 is 19.1 Å². The lowest BCUT2D eigenvalue weighted by molar-refractivity contribution is -0.165. The van der Waals surface area contributed by atoms with Crippen molar-refractivity contribution in [3.05, 3.63) is 29.8 Å². The lowest BCUT2D eigenvalue weighted by atomic mass is 9.79. The highest BCUT2D eigenvalue weighted by Gasteiger charge is 2.47. The van der Waals surface area contributed by atoms with Gasteiger partial charge in [0.25, 0.3) is 0 Å². The van der Waals surface area contributed by atoms with E-state index in [0.717, 1.165) is 30.6 Å². The maximum absolute atomic E-state index is 12.5. The number of amides is 1. The van der Waals surface area contributed by atoms with Gasteiger partial charge in [-0.15, -0.1) is 0 Å². The molecule has 5 nitrogen and oxygen atoms in total. The van der Waals surface area contributed by atoms with Crippen molar-refractivity contribution in [1.29, 1.82) is 0 Å². The lowest BCUT2D eigenvalue weighted by Gasteiger charge is -2.43. The van der Waals surface area contributed by atoms with Crippen molar-refractivity contribution in [3.63, 3.8) is 0 Å². The summed E-state index contributed by atoms with van der Waals surface area (Å²) in [6, 6.07) is 7.56. The fourth-order valence-electron chi connectivity index (χ4n) is 3.39. The molecule has 0 radical (unpaired) electrons. The Morgan fingerprint density at radius 3 is 2.17 bits per heavy atom.